The van der Waals surface area contributed by atoms with Crippen molar-refractivity contribution in [2.75, 3.05) is 6.54 Å². The summed E-state index contributed by atoms with van der Waals surface area (Å²) in [5.74, 6) is -0.0529. The summed E-state index contributed by atoms with van der Waals surface area (Å²) in [5, 5.41) is 3.58. The fourth-order valence-electron chi connectivity index (χ4n) is 2.31. The average molecular weight is 322 g/mol. The number of carbonyl (C=O) groups excluding carboxylic acids is 1. The first-order valence-electron chi connectivity index (χ1n) is 8.44. The smallest absolute Gasteiger partial charge is 0.243 e. The molecule has 22 heavy (non-hydrogen) atoms. The Hall–Kier alpha value is -1.28. The molecule has 0 atom stereocenters. The summed E-state index contributed by atoms with van der Waals surface area (Å²) < 4.78 is 0. The highest BCUT2D eigenvalue weighted by Gasteiger charge is 1.97. The molecule has 0 aliphatic carbocycles. The van der Waals surface area contributed by atoms with E-state index in [1.165, 1.54) is 44.9 Å². The highest BCUT2D eigenvalue weighted by Crippen LogP contribution is 2.16. The Bertz CT molecular complexity index is 457. The molecule has 0 bridgehead atoms. The lowest BCUT2D eigenvalue weighted by molar-refractivity contribution is -0.116. The van der Waals surface area contributed by atoms with E-state index in [4.69, 9.17) is 11.6 Å². The third-order valence-electron chi connectivity index (χ3n) is 3.65. The molecule has 0 fully saturated rings. The minimum atomic E-state index is -0.0529. The van der Waals surface area contributed by atoms with E-state index in [0.717, 1.165) is 18.5 Å². The third kappa shape index (κ3) is 8.89. The number of nitrogens with one attached hydrogen (secondary N) is 1. The van der Waals surface area contributed by atoms with E-state index in [1.807, 2.05) is 24.3 Å². The van der Waals surface area contributed by atoms with Crippen molar-refractivity contribution in [1.82, 2.24) is 5.32 Å². The Labute approximate surface area is 140 Å². The van der Waals surface area contributed by atoms with Gasteiger partial charge in [0.15, 0.2) is 0 Å². The number of hydrogen-bond acceptors (Lipinski definition) is 1. The number of amides is 1. The number of halogens is 1. The van der Waals surface area contributed by atoms with Gasteiger partial charge in [0.05, 0.1) is 0 Å². The van der Waals surface area contributed by atoms with Crippen LogP contribution in [0, 0.1) is 0 Å². The lowest BCUT2D eigenvalue weighted by atomic mass is 10.1. The lowest BCUT2D eigenvalue weighted by Gasteiger charge is -2.03. The van der Waals surface area contributed by atoms with Gasteiger partial charge in [0.1, 0.15) is 0 Å². The minimum Gasteiger partial charge on any atom is -0.353 e. The number of unbranched alkanes of at least 4 members (excludes halogenated alkanes) is 7. The van der Waals surface area contributed by atoms with Crippen molar-refractivity contribution < 1.29 is 4.79 Å². The fourth-order valence-corrected chi connectivity index (χ4v) is 2.50. The van der Waals surface area contributed by atoms with Gasteiger partial charge in [-0.05, 0) is 24.1 Å². The van der Waals surface area contributed by atoms with Crippen molar-refractivity contribution in [3.05, 3.63) is 40.9 Å². The van der Waals surface area contributed by atoms with Gasteiger partial charge < -0.3 is 5.32 Å². The topological polar surface area (TPSA) is 29.1 Å². The van der Waals surface area contributed by atoms with E-state index in [9.17, 15) is 4.79 Å². The van der Waals surface area contributed by atoms with E-state index in [-0.39, 0.29) is 5.91 Å². The fraction of sp³-hybridized carbons (Fsp3) is 0.526. The SMILES string of the molecule is CCCCCCCCCCNC(=O)C=Cc1ccccc1Cl. The van der Waals surface area contributed by atoms with Crippen LogP contribution in [0.5, 0.6) is 0 Å². The Morgan fingerprint density at radius 2 is 1.68 bits per heavy atom. The van der Waals surface area contributed by atoms with Crippen LogP contribution in [0.3, 0.4) is 0 Å². The van der Waals surface area contributed by atoms with Crippen molar-refractivity contribution >= 4 is 23.6 Å². The van der Waals surface area contributed by atoms with E-state index in [2.05, 4.69) is 12.2 Å². The summed E-state index contributed by atoms with van der Waals surface area (Å²) >= 11 is 6.03. The molecule has 0 heterocycles. The first-order chi connectivity index (χ1) is 10.7. The molecule has 1 aromatic rings. The quantitative estimate of drug-likeness (QED) is 0.416. The maximum atomic E-state index is 11.7. The molecular formula is C19H28ClNO. The first kappa shape index (κ1) is 18.8. The highest BCUT2D eigenvalue weighted by atomic mass is 35.5. The van der Waals surface area contributed by atoms with Gasteiger partial charge in [0.2, 0.25) is 5.91 Å². The zero-order valence-corrected chi connectivity index (χ0v) is 14.4. The molecule has 1 rings (SSSR count). The second-order valence-electron chi connectivity index (χ2n) is 5.62. The van der Waals surface area contributed by atoms with Gasteiger partial charge in [-0.15, -0.1) is 0 Å². The normalized spacial score (nSPS) is 11.0. The second kappa shape index (κ2) is 12.3. The van der Waals surface area contributed by atoms with Crippen LogP contribution in [0.4, 0.5) is 0 Å². The zero-order chi connectivity index (χ0) is 16.0. The largest absolute Gasteiger partial charge is 0.353 e. The molecule has 1 amide bonds. The van der Waals surface area contributed by atoms with Crippen molar-refractivity contribution in [3.8, 4) is 0 Å². The Morgan fingerprint density at radius 1 is 1.05 bits per heavy atom. The molecule has 0 saturated heterocycles. The van der Waals surface area contributed by atoms with Crippen LogP contribution in [0.2, 0.25) is 5.02 Å². The molecule has 3 heteroatoms. The van der Waals surface area contributed by atoms with Gasteiger partial charge in [0, 0.05) is 17.6 Å². The van der Waals surface area contributed by atoms with Gasteiger partial charge in [-0.1, -0.05) is 81.7 Å². The Balaban J connectivity index is 2.05. The highest BCUT2D eigenvalue weighted by molar-refractivity contribution is 6.32. The van der Waals surface area contributed by atoms with Crippen LogP contribution < -0.4 is 5.32 Å². The lowest BCUT2D eigenvalue weighted by Crippen LogP contribution is -2.21. The third-order valence-corrected chi connectivity index (χ3v) is 3.99. The van der Waals surface area contributed by atoms with Crippen LogP contribution in [0.25, 0.3) is 6.08 Å². The van der Waals surface area contributed by atoms with Gasteiger partial charge in [0.25, 0.3) is 0 Å². The summed E-state index contributed by atoms with van der Waals surface area (Å²) in [7, 11) is 0. The Morgan fingerprint density at radius 3 is 2.36 bits per heavy atom. The molecule has 0 aromatic heterocycles. The average Bonchev–Trinajstić information content (AvgIpc) is 2.52. The standard InChI is InChI=1S/C19H28ClNO/c1-2-3-4-5-6-7-8-11-16-21-19(22)15-14-17-12-9-10-13-18(17)20/h9-10,12-15H,2-8,11,16H2,1H3,(H,21,22). The molecule has 1 N–H and O–H groups in total. The van der Waals surface area contributed by atoms with E-state index in [0.29, 0.717) is 5.02 Å². The number of rotatable bonds is 11. The number of carbonyl (C=O) groups is 1. The minimum absolute atomic E-state index is 0.0529. The summed E-state index contributed by atoms with van der Waals surface area (Å²) in [6.07, 6.45) is 13.5. The predicted molar refractivity (Wildman–Crippen MR) is 96.1 cm³/mol. The van der Waals surface area contributed by atoms with E-state index in [1.54, 1.807) is 12.2 Å². The van der Waals surface area contributed by atoms with Gasteiger partial charge >= 0.3 is 0 Å². The van der Waals surface area contributed by atoms with Crippen molar-refractivity contribution in [2.24, 2.45) is 0 Å². The number of hydrogen-bond donors (Lipinski definition) is 1. The number of benzene rings is 1. The summed E-state index contributed by atoms with van der Waals surface area (Å²) in [5.41, 5.74) is 0.867. The van der Waals surface area contributed by atoms with Crippen molar-refractivity contribution in [2.45, 2.75) is 58.3 Å². The van der Waals surface area contributed by atoms with Crippen molar-refractivity contribution in [1.29, 1.82) is 0 Å². The molecule has 122 valence electrons. The molecule has 1 aromatic carbocycles. The first-order valence-corrected chi connectivity index (χ1v) is 8.82. The van der Waals surface area contributed by atoms with Crippen LogP contribution in [0.15, 0.2) is 30.3 Å². The van der Waals surface area contributed by atoms with Gasteiger partial charge in [-0.2, -0.15) is 0 Å². The van der Waals surface area contributed by atoms with E-state index >= 15 is 0 Å². The molecule has 0 aliphatic heterocycles. The van der Waals surface area contributed by atoms with Crippen LogP contribution in [-0.2, 0) is 4.79 Å². The molecular weight excluding hydrogens is 294 g/mol. The Kier molecular flexibility index (Phi) is 10.5. The molecule has 0 spiro atoms. The maximum absolute atomic E-state index is 11.7. The molecule has 0 radical (unpaired) electrons. The summed E-state index contributed by atoms with van der Waals surface area (Å²) in [6.45, 7) is 2.99. The van der Waals surface area contributed by atoms with Gasteiger partial charge in [-0.3, -0.25) is 4.79 Å². The zero-order valence-electron chi connectivity index (χ0n) is 13.6. The molecule has 0 saturated carbocycles. The van der Waals surface area contributed by atoms with Crippen LogP contribution in [0.1, 0.15) is 63.9 Å². The summed E-state index contributed by atoms with van der Waals surface area (Å²) in [4.78, 5) is 11.7. The van der Waals surface area contributed by atoms with Crippen LogP contribution in [-0.4, -0.2) is 12.5 Å². The molecule has 0 unspecified atom stereocenters. The predicted octanol–water partition coefficient (Wildman–Crippen LogP) is 5.61. The summed E-state index contributed by atoms with van der Waals surface area (Å²) in [6, 6.07) is 7.50. The van der Waals surface area contributed by atoms with Crippen molar-refractivity contribution in [3.63, 3.8) is 0 Å². The van der Waals surface area contributed by atoms with E-state index < -0.39 is 0 Å². The molecule has 2 nitrogen and oxygen atoms in total. The van der Waals surface area contributed by atoms with Gasteiger partial charge in [-0.25, -0.2) is 0 Å². The maximum Gasteiger partial charge on any atom is 0.243 e. The second-order valence-corrected chi connectivity index (χ2v) is 6.03. The van der Waals surface area contributed by atoms with Crippen LogP contribution >= 0.6 is 11.6 Å². The molecule has 0 aliphatic rings. The monoisotopic (exact) mass is 321 g/mol.